The Morgan fingerprint density at radius 2 is 0.812 bits per heavy atom. The Hall–Kier alpha value is -5.47. The second kappa shape index (κ2) is 40.3. The predicted molar refractivity (Wildman–Crippen MR) is 228 cm³/mol. The summed E-state index contributed by atoms with van der Waals surface area (Å²) in [7, 11) is 0. The fraction of sp³-hybridized carbons (Fsp3) is 0.424. The molecule has 6 rings (SSSR count). The van der Waals surface area contributed by atoms with Gasteiger partial charge in [0.2, 0.25) is 0 Å². The number of ether oxygens (including phenoxy) is 4. The number of aliphatic imine (C=N–C) groups is 2. The summed E-state index contributed by atoms with van der Waals surface area (Å²) in [5.74, 6) is 0. The summed E-state index contributed by atoms with van der Waals surface area (Å²) in [6.45, 7) is 9.77. The van der Waals surface area contributed by atoms with E-state index in [0.29, 0.717) is 52.9 Å². The summed E-state index contributed by atoms with van der Waals surface area (Å²) in [5.41, 5.74) is 5.75. The van der Waals surface area contributed by atoms with Crippen LogP contribution in [0.3, 0.4) is 0 Å². The van der Waals surface area contributed by atoms with Crippen molar-refractivity contribution in [2.24, 2.45) is 9.98 Å². The van der Waals surface area contributed by atoms with E-state index in [1.54, 1.807) is 0 Å². The number of benzene rings is 2. The molecule has 0 amide bonds. The molecule has 4 heterocycles. The number of quaternary nitrogens is 1. The largest absolute Gasteiger partial charge is 2.00 e. The number of nitrogens with one attached hydrogen (secondary N) is 1. The number of aromatic nitrogens is 1. The smallest absolute Gasteiger partial charge is 0.378 e. The van der Waals surface area contributed by atoms with Gasteiger partial charge in [-0.2, -0.15) is 0 Å². The third-order valence-corrected chi connectivity index (χ3v) is 7.33. The third-order valence-electron chi connectivity index (χ3n) is 7.33. The van der Waals surface area contributed by atoms with Crippen molar-refractivity contribution in [3.8, 4) is 0 Å². The van der Waals surface area contributed by atoms with Gasteiger partial charge >= 0.3 is 54.6 Å². The van der Waals surface area contributed by atoms with Gasteiger partial charge in [0.15, 0.2) is 0 Å². The number of pyridine rings is 1. The minimum Gasteiger partial charge on any atom is -0.378 e. The molecule has 64 heavy (non-hydrogen) atoms. The third kappa shape index (κ3) is 39.4. The average Bonchev–Trinajstić information content (AvgIpc) is 3.17. The van der Waals surface area contributed by atoms with Crippen LogP contribution in [0.4, 0.5) is 11.4 Å². The molecule has 4 radical (unpaired) electrons. The van der Waals surface area contributed by atoms with E-state index < -0.39 is 25.4 Å². The first-order chi connectivity index (χ1) is 29.5. The van der Waals surface area contributed by atoms with Crippen LogP contribution in [0.2, 0.25) is 0 Å². The molecule has 0 spiro atoms. The molecule has 3 aliphatic heterocycles. The second-order valence-corrected chi connectivity index (χ2v) is 11.5. The number of hydrogen-bond donors (Lipinski definition) is 1. The van der Waals surface area contributed by atoms with Gasteiger partial charge < -0.3 is 100 Å². The van der Waals surface area contributed by atoms with Crippen LogP contribution in [-0.2, 0) is 32.0 Å². The van der Waals surface area contributed by atoms with Crippen LogP contribution in [0, 0.1) is 76.6 Å². The number of rotatable bonds is 0. The first kappa shape index (κ1) is 62.8. The van der Waals surface area contributed by atoms with Crippen LogP contribution >= 0.6 is 0 Å². The molecule has 346 valence electrons. The fourth-order valence-corrected chi connectivity index (χ4v) is 4.99. The Kier molecular flexibility index (Phi) is 39.6. The summed E-state index contributed by atoms with van der Waals surface area (Å²) in [4.78, 5) is 59.4. The van der Waals surface area contributed by atoms with E-state index in [1.165, 1.54) is 10.5 Å². The number of hydrogen-bond acceptors (Lipinski definition) is 23. The molecule has 1 saturated heterocycles. The Bertz CT molecular complexity index is 1630. The molecule has 1 N–H and O–H groups in total. The predicted octanol–water partition coefficient (Wildman–Crippen LogP) is 0.906. The summed E-state index contributed by atoms with van der Waals surface area (Å²) in [5, 5.41) is 73.8. The van der Waals surface area contributed by atoms with Gasteiger partial charge in [-0.05, 0) is 29.8 Å². The van der Waals surface area contributed by atoms with E-state index in [1.807, 2.05) is 48.8 Å². The Labute approximate surface area is 403 Å². The van der Waals surface area contributed by atoms with Gasteiger partial charge in [-0.25, -0.2) is 4.98 Å². The summed E-state index contributed by atoms with van der Waals surface area (Å²) >= 11 is 0. The molecule has 3 aromatic rings. The first-order valence-corrected chi connectivity index (χ1v) is 17.7. The maximum Gasteiger partial charge on any atom is 2.00 e. The monoisotopic (exact) mass is 1300 g/mol. The maximum atomic E-state index is 8.25. The van der Waals surface area contributed by atoms with E-state index >= 15 is 0 Å². The van der Waals surface area contributed by atoms with Crippen LogP contribution < -0.4 is 4.90 Å². The van der Waals surface area contributed by atoms with Gasteiger partial charge in [-0.15, -0.1) is 0 Å². The fourth-order valence-electron chi connectivity index (χ4n) is 4.99. The van der Waals surface area contributed by atoms with Crippen molar-refractivity contribution in [2.75, 3.05) is 79.0 Å². The molecular formula is C33H42N10O19Pb2. The van der Waals surface area contributed by atoms with Gasteiger partial charge in [-0.3, -0.25) is 14.9 Å². The van der Waals surface area contributed by atoms with Crippen LogP contribution in [0.5, 0.6) is 0 Å². The van der Waals surface area contributed by atoms with Crippen molar-refractivity contribution in [1.82, 2.24) is 9.88 Å². The quantitative estimate of drug-likeness (QED) is 0.186. The minimum absolute atomic E-state index is 0. The first-order valence-electron chi connectivity index (χ1n) is 17.7. The van der Waals surface area contributed by atoms with Crippen LogP contribution in [-0.4, -0.2) is 181 Å². The normalized spacial score (nSPS) is 16.2. The Morgan fingerprint density at radius 1 is 0.469 bits per heavy atom. The van der Waals surface area contributed by atoms with E-state index in [0.717, 1.165) is 67.6 Å². The molecule has 4 bridgehead atoms. The SMILES string of the molecule is C1=Nc2ccccc2CN2CCOCCOCC[NH+](CCOCCOCC2)Cc2ccccc2N=Cc2cccc1n2.O=[N+]([O-])[O-].O=[N+]([O-])[O-].O=[N+]([O-])[O-].O=[N+]([O-])[O-].O=[N+]([O-])[O-].[Pb+2].[Pb+2]. The summed E-state index contributed by atoms with van der Waals surface area (Å²) in [6.07, 6.45) is 3.66. The molecule has 1 fully saturated rings. The van der Waals surface area contributed by atoms with Crippen LogP contribution in [0.1, 0.15) is 22.5 Å². The van der Waals surface area contributed by atoms with E-state index in [-0.39, 0.29) is 54.6 Å². The van der Waals surface area contributed by atoms with Crippen LogP contribution in [0.25, 0.3) is 0 Å². The van der Waals surface area contributed by atoms with Gasteiger partial charge in [0, 0.05) is 25.2 Å². The molecule has 0 atom stereocenters. The van der Waals surface area contributed by atoms with Crippen LogP contribution in [0.15, 0.2) is 76.7 Å². The average molecular weight is 1300 g/mol. The molecule has 3 aliphatic rings. The van der Waals surface area contributed by atoms with Crippen molar-refractivity contribution < 1.29 is 49.3 Å². The molecule has 0 unspecified atom stereocenters. The molecule has 31 heteroatoms. The van der Waals surface area contributed by atoms with Gasteiger partial charge in [0.25, 0.3) is 0 Å². The molecule has 0 aliphatic carbocycles. The zero-order chi connectivity index (χ0) is 46.5. The molecule has 2 aromatic carbocycles. The van der Waals surface area contributed by atoms with Gasteiger partial charge in [-0.1, -0.05) is 42.5 Å². The standard InChI is InChI=1S/C33H41N5O4.5NO3.2Pb/c1-3-10-32-28(6-1)26-37-12-16-39-20-22-41-18-14-38(15-19-42-23-21-40-17-13-37)27-29-7-2-4-11-33(29)35-25-31-9-5-8-30(36-31)24-34-32;5*2-1(3)4;;/h1-11,24-25H,12-23,26-27H2;;;;;;;/q;5*-1;2*+2/p+1. The molecule has 29 nitrogen and oxygen atoms in total. The number of fused-ring (bicyclic) bond motifs is 14. The van der Waals surface area contributed by atoms with Crippen molar-refractivity contribution in [2.45, 2.75) is 13.1 Å². The van der Waals surface area contributed by atoms with Crippen molar-refractivity contribution >= 4 is 78.4 Å². The van der Waals surface area contributed by atoms with Crippen molar-refractivity contribution in [3.05, 3.63) is 166 Å². The Balaban J connectivity index is -0.00000143. The second-order valence-electron chi connectivity index (χ2n) is 11.5. The number of para-hydroxylation sites is 2. The zero-order valence-electron chi connectivity index (χ0n) is 33.7. The molecule has 1 aromatic heterocycles. The van der Waals surface area contributed by atoms with Crippen molar-refractivity contribution in [1.29, 1.82) is 0 Å². The topological polar surface area (TPSA) is 413 Å². The summed E-state index contributed by atoms with van der Waals surface area (Å²) in [6, 6.07) is 22.5. The molecule has 0 saturated carbocycles. The maximum absolute atomic E-state index is 8.25. The van der Waals surface area contributed by atoms with E-state index in [9.17, 15) is 0 Å². The van der Waals surface area contributed by atoms with E-state index in [2.05, 4.69) is 35.2 Å². The van der Waals surface area contributed by atoms with Crippen molar-refractivity contribution in [3.63, 3.8) is 0 Å². The summed E-state index contributed by atoms with van der Waals surface area (Å²) < 4.78 is 23.8. The van der Waals surface area contributed by atoms with E-state index in [4.69, 9.17) is 111 Å². The number of nitrogens with zero attached hydrogens (tertiary/aromatic N) is 9. The minimum atomic E-state index is -1.75. The molecular weight excluding hydrogens is 1250 g/mol. The zero-order valence-corrected chi connectivity index (χ0v) is 41.5. The van der Waals surface area contributed by atoms with Gasteiger partial charge in [0.05, 0.1) is 113 Å². The van der Waals surface area contributed by atoms with Gasteiger partial charge in [0.1, 0.15) is 19.6 Å². The Morgan fingerprint density at radius 3 is 1.22 bits per heavy atom.